The van der Waals surface area contributed by atoms with E-state index in [1.807, 2.05) is 12.1 Å². The molecule has 0 atom stereocenters. The highest BCUT2D eigenvalue weighted by molar-refractivity contribution is 6.21. The van der Waals surface area contributed by atoms with Gasteiger partial charge in [0.05, 0.1) is 0 Å². The number of hydrogen-bond acceptors (Lipinski definition) is 2. The Labute approximate surface area is 100 Å². The second-order valence-corrected chi connectivity index (χ2v) is 4.18. The van der Waals surface area contributed by atoms with Crippen LogP contribution in [0.3, 0.4) is 0 Å². The third-order valence-corrected chi connectivity index (χ3v) is 3.14. The lowest BCUT2D eigenvalue weighted by Crippen LogP contribution is -2.34. The van der Waals surface area contributed by atoms with Gasteiger partial charge in [0.15, 0.2) is 0 Å². The van der Waals surface area contributed by atoms with E-state index in [4.69, 9.17) is 17.3 Å². The standard InChI is InChI=1S/C12H15ClN2O/c13-8-15-11-3-1-9(5-6-14)7-10(11)2-4-12(15)16/h1,3,7H,2,4-6,8,14H2. The third kappa shape index (κ3) is 2.06. The Balaban J connectivity index is 2.34. The predicted octanol–water partition coefficient (Wildman–Crippen LogP) is 1.66. The van der Waals surface area contributed by atoms with Crippen LogP contribution >= 0.6 is 11.6 Å². The summed E-state index contributed by atoms with van der Waals surface area (Å²) < 4.78 is 0. The molecule has 0 aromatic heterocycles. The number of halogens is 1. The number of alkyl halides is 1. The Morgan fingerprint density at radius 2 is 2.19 bits per heavy atom. The number of carbonyl (C=O) groups excluding carboxylic acids is 1. The highest BCUT2D eigenvalue weighted by atomic mass is 35.5. The maximum Gasteiger partial charge on any atom is 0.228 e. The zero-order chi connectivity index (χ0) is 11.5. The number of nitrogens with two attached hydrogens (primary N) is 1. The fraction of sp³-hybridized carbons (Fsp3) is 0.417. The van der Waals surface area contributed by atoms with Crippen molar-refractivity contribution >= 4 is 23.2 Å². The molecule has 1 aliphatic heterocycles. The summed E-state index contributed by atoms with van der Waals surface area (Å²) in [5, 5.41) is 0. The van der Waals surface area contributed by atoms with Gasteiger partial charge in [-0.1, -0.05) is 12.1 Å². The molecule has 0 unspecified atom stereocenters. The molecule has 0 aliphatic carbocycles. The summed E-state index contributed by atoms with van der Waals surface area (Å²) in [6.45, 7) is 0.650. The van der Waals surface area contributed by atoms with Crippen molar-refractivity contribution in [3.63, 3.8) is 0 Å². The van der Waals surface area contributed by atoms with Crippen molar-refractivity contribution in [3.05, 3.63) is 29.3 Å². The summed E-state index contributed by atoms with van der Waals surface area (Å²) in [4.78, 5) is 13.3. The first-order valence-corrected chi connectivity index (χ1v) is 5.98. The van der Waals surface area contributed by atoms with Crippen LogP contribution in [0.25, 0.3) is 0 Å². The fourth-order valence-electron chi connectivity index (χ4n) is 2.07. The lowest BCUT2D eigenvalue weighted by molar-refractivity contribution is -0.118. The van der Waals surface area contributed by atoms with Gasteiger partial charge in [-0.25, -0.2) is 0 Å². The SMILES string of the molecule is NCCc1ccc2c(c1)CCC(=O)N2CCl. The zero-order valence-corrected chi connectivity index (χ0v) is 9.83. The van der Waals surface area contributed by atoms with Gasteiger partial charge in [0.1, 0.15) is 6.00 Å². The molecule has 1 heterocycles. The Hall–Kier alpha value is -1.06. The van der Waals surface area contributed by atoms with Crippen LogP contribution in [0, 0.1) is 0 Å². The second kappa shape index (κ2) is 4.85. The summed E-state index contributed by atoms with van der Waals surface area (Å²) in [6.07, 6.45) is 2.23. The Morgan fingerprint density at radius 3 is 2.88 bits per heavy atom. The normalized spacial score (nSPS) is 15.1. The van der Waals surface area contributed by atoms with Crippen LogP contribution in [0.15, 0.2) is 18.2 Å². The number of hydrogen-bond donors (Lipinski definition) is 1. The van der Waals surface area contributed by atoms with Gasteiger partial charge in [0.2, 0.25) is 5.91 Å². The van der Waals surface area contributed by atoms with Crippen LogP contribution in [-0.4, -0.2) is 18.5 Å². The maximum atomic E-state index is 11.6. The molecule has 1 aromatic carbocycles. The number of carbonyl (C=O) groups is 1. The molecule has 0 bridgehead atoms. The van der Waals surface area contributed by atoms with Crippen LogP contribution in [0.5, 0.6) is 0 Å². The Bertz CT molecular complexity index is 406. The zero-order valence-electron chi connectivity index (χ0n) is 9.08. The molecule has 0 saturated heterocycles. The van der Waals surface area contributed by atoms with E-state index in [1.165, 1.54) is 11.1 Å². The van der Waals surface area contributed by atoms with Gasteiger partial charge in [-0.3, -0.25) is 9.69 Å². The fourth-order valence-corrected chi connectivity index (χ4v) is 2.33. The largest absolute Gasteiger partial charge is 0.330 e. The summed E-state index contributed by atoms with van der Waals surface area (Å²) in [5.41, 5.74) is 8.90. The van der Waals surface area contributed by atoms with E-state index in [0.29, 0.717) is 13.0 Å². The van der Waals surface area contributed by atoms with Gasteiger partial charge in [-0.15, -0.1) is 11.6 Å². The first kappa shape index (κ1) is 11.4. The van der Waals surface area contributed by atoms with E-state index in [1.54, 1.807) is 4.90 Å². The van der Waals surface area contributed by atoms with Crippen LogP contribution in [0.2, 0.25) is 0 Å². The van der Waals surface area contributed by atoms with Crippen molar-refractivity contribution in [1.29, 1.82) is 0 Å². The van der Waals surface area contributed by atoms with Crippen LogP contribution < -0.4 is 10.6 Å². The molecule has 1 aliphatic rings. The van der Waals surface area contributed by atoms with E-state index in [9.17, 15) is 4.79 Å². The lowest BCUT2D eigenvalue weighted by Gasteiger charge is -2.27. The summed E-state index contributed by atoms with van der Waals surface area (Å²) in [6, 6.07) is 6.35. The van der Waals surface area contributed by atoms with E-state index < -0.39 is 0 Å². The van der Waals surface area contributed by atoms with Crippen LogP contribution in [0.1, 0.15) is 17.5 Å². The molecule has 2 N–H and O–H groups in total. The smallest absolute Gasteiger partial charge is 0.228 e. The quantitative estimate of drug-likeness (QED) is 0.643. The molecule has 2 rings (SSSR count). The lowest BCUT2D eigenvalue weighted by atomic mass is 9.98. The summed E-state index contributed by atoms with van der Waals surface area (Å²) >= 11 is 5.79. The third-order valence-electron chi connectivity index (χ3n) is 2.90. The van der Waals surface area contributed by atoms with Gasteiger partial charge < -0.3 is 5.73 Å². The molecule has 0 saturated carbocycles. The summed E-state index contributed by atoms with van der Waals surface area (Å²) in [5.74, 6) is 0.106. The van der Waals surface area contributed by atoms with E-state index in [-0.39, 0.29) is 11.9 Å². The molecule has 0 spiro atoms. The Kier molecular flexibility index (Phi) is 3.46. The molecule has 1 amide bonds. The monoisotopic (exact) mass is 238 g/mol. The highest BCUT2D eigenvalue weighted by Gasteiger charge is 2.23. The number of amides is 1. The molecular formula is C12H15ClN2O. The number of rotatable bonds is 3. The van der Waals surface area contributed by atoms with Gasteiger partial charge in [0.25, 0.3) is 0 Å². The maximum absolute atomic E-state index is 11.6. The number of benzene rings is 1. The van der Waals surface area contributed by atoms with Gasteiger partial charge in [-0.2, -0.15) is 0 Å². The molecule has 16 heavy (non-hydrogen) atoms. The second-order valence-electron chi connectivity index (χ2n) is 3.94. The van der Waals surface area contributed by atoms with E-state index in [0.717, 1.165) is 18.5 Å². The summed E-state index contributed by atoms with van der Waals surface area (Å²) in [7, 11) is 0. The number of aryl methyl sites for hydroxylation is 1. The number of anilines is 1. The molecule has 0 fully saturated rings. The molecular weight excluding hydrogens is 224 g/mol. The average Bonchev–Trinajstić information content (AvgIpc) is 2.30. The Morgan fingerprint density at radius 1 is 1.38 bits per heavy atom. The van der Waals surface area contributed by atoms with Gasteiger partial charge in [0, 0.05) is 12.1 Å². The van der Waals surface area contributed by atoms with E-state index in [2.05, 4.69) is 6.07 Å². The van der Waals surface area contributed by atoms with Crippen molar-refractivity contribution in [1.82, 2.24) is 0 Å². The van der Waals surface area contributed by atoms with Gasteiger partial charge >= 0.3 is 0 Å². The van der Waals surface area contributed by atoms with Crippen molar-refractivity contribution < 1.29 is 4.79 Å². The molecule has 1 aromatic rings. The number of nitrogens with zero attached hydrogens (tertiary/aromatic N) is 1. The van der Waals surface area contributed by atoms with Crippen LogP contribution in [-0.2, 0) is 17.6 Å². The molecule has 86 valence electrons. The molecule has 0 radical (unpaired) electrons. The minimum atomic E-state index is 0.106. The average molecular weight is 239 g/mol. The van der Waals surface area contributed by atoms with Gasteiger partial charge in [-0.05, 0) is 36.6 Å². The minimum absolute atomic E-state index is 0.106. The minimum Gasteiger partial charge on any atom is -0.330 e. The molecule has 4 heteroatoms. The number of fused-ring (bicyclic) bond motifs is 1. The predicted molar refractivity (Wildman–Crippen MR) is 65.7 cm³/mol. The van der Waals surface area contributed by atoms with Crippen molar-refractivity contribution in [2.75, 3.05) is 17.4 Å². The van der Waals surface area contributed by atoms with Crippen molar-refractivity contribution in [3.8, 4) is 0 Å². The first-order chi connectivity index (χ1) is 7.76. The highest BCUT2D eigenvalue weighted by Crippen LogP contribution is 2.29. The van der Waals surface area contributed by atoms with Crippen LogP contribution in [0.4, 0.5) is 5.69 Å². The van der Waals surface area contributed by atoms with Crippen molar-refractivity contribution in [2.24, 2.45) is 5.73 Å². The first-order valence-electron chi connectivity index (χ1n) is 5.44. The van der Waals surface area contributed by atoms with Crippen molar-refractivity contribution in [2.45, 2.75) is 19.3 Å². The molecule has 3 nitrogen and oxygen atoms in total. The van der Waals surface area contributed by atoms with E-state index >= 15 is 0 Å². The topological polar surface area (TPSA) is 46.3 Å².